The van der Waals surface area contributed by atoms with Gasteiger partial charge in [-0.1, -0.05) is 23.2 Å². The Morgan fingerprint density at radius 2 is 2.04 bits per heavy atom. The second-order valence-electron chi connectivity index (χ2n) is 6.63. The van der Waals surface area contributed by atoms with E-state index in [2.05, 4.69) is 10.0 Å². The van der Waals surface area contributed by atoms with Crippen molar-refractivity contribution in [2.75, 3.05) is 19.6 Å². The summed E-state index contributed by atoms with van der Waals surface area (Å²) in [6.45, 7) is 2.28. The average molecular weight is 392 g/mol. The van der Waals surface area contributed by atoms with Crippen LogP contribution < -0.4 is 0 Å². The topological polar surface area (TPSA) is 49.1 Å². The maximum absolute atomic E-state index is 13.0. The highest BCUT2D eigenvalue weighted by molar-refractivity contribution is 6.33. The number of hydrogen-bond acceptors (Lipinski definition) is 4. The van der Waals surface area contributed by atoms with E-state index in [4.69, 9.17) is 27.6 Å². The SMILES string of the molecule is O=C(CN1CCCC1)N1N=C(c2ccco2)C[C@H]1c1cc(Cl)ccc1Cl. The predicted octanol–water partition coefficient (Wildman–Crippen LogP) is 4.36. The zero-order chi connectivity index (χ0) is 18.1. The highest BCUT2D eigenvalue weighted by Gasteiger charge is 2.36. The maximum atomic E-state index is 13.0. The van der Waals surface area contributed by atoms with Crippen molar-refractivity contribution in [3.8, 4) is 0 Å². The van der Waals surface area contributed by atoms with Crippen LogP contribution in [0.5, 0.6) is 0 Å². The molecular formula is C19H19Cl2N3O2. The number of carbonyl (C=O) groups is 1. The van der Waals surface area contributed by atoms with Gasteiger partial charge >= 0.3 is 0 Å². The van der Waals surface area contributed by atoms with Gasteiger partial charge in [0.1, 0.15) is 11.5 Å². The number of hydrogen-bond donors (Lipinski definition) is 0. The lowest BCUT2D eigenvalue weighted by Crippen LogP contribution is -2.37. The molecule has 2 aliphatic rings. The standard InChI is InChI=1S/C19H19Cl2N3O2/c20-13-5-6-15(21)14(10-13)17-11-16(18-4-3-9-26-18)22-24(17)19(25)12-23-7-1-2-8-23/h3-6,9-10,17H,1-2,7-8,11-12H2/t17-/m0/s1. The zero-order valence-electron chi connectivity index (χ0n) is 14.2. The van der Waals surface area contributed by atoms with Gasteiger partial charge in [-0.05, 0) is 61.8 Å². The van der Waals surface area contributed by atoms with Crippen LogP contribution in [0.4, 0.5) is 0 Å². The van der Waals surface area contributed by atoms with Crippen molar-refractivity contribution >= 4 is 34.8 Å². The highest BCUT2D eigenvalue weighted by atomic mass is 35.5. The van der Waals surface area contributed by atoms with Gasteiger partial charge < -0.3 is 4.42 Å². The van der Waals surface area contributed by atoms with Crippen LogP contribution in [0.1, 0.15) is 36.6 Å². The van der Waals surface area contributed by atoms with Crippen LogP contribution >= 0.6 is 23.2 Å². The van der Waals surface area contributed by atoms with Gasteiger partial charge in [-0.25, -0.2) is 5.01 Å². The van der Waals surface area contributed by atoms with Crippen LogP contribution in [0.2, 0.25) is 10.0 Å². The number of amides is 1. The molecule has 0 radical (unpaired) electrons. The molecule has 0 unspecified atom stereocenters. The smallest absolute Gasteiger partial charge is 0.257 e. The summed E-state index contributed by atoms with van der Waals surface area (Å²) in [6, 6.07) is 8.69. The van der Waals surface area contributed by atoms with Gasteiger partial charge in [0, 0.05) is 16.5 Å². The van der Waals surface area contributed by atoms with E-state index in [1.54, 1.807) is 23.4 Å². The Morgan fingerprint density at radius 1 is 1.23 bits per heavy atom. The molecule has 26 heavy (non-hydrogen) atoms. The Labute approximate surface area is 162 Å². The minimum atomic E-state index is -0.281. The fraction of sp³-hybridized carbons (Fsp3) is 0.368. The fourth-order valence-corrected chi connectivity index (χ4v) is 3.97. The van der Waals surface area contributed by atoms with Crippen LogP contribution in [0.25, 0.3) is 0 Å². The fourth-order valence-electron chi connectivity index (χ4n) is 3.55. The Balaban J connectivity index is 1.65. The Morgan fingerprint density at radius 3 is 2.77 bits per heavy atom. The molecule has 1 fully saturated rings. The molecule has 1 atom stereocenters. The van der Waals surface area contributed by atoms with Crippen molar-refractivity contribution in [2.24, 2.45) is 5.10 Å². The Kier molecular flexibility index (Phi) is 5.02. The van der Waals surface area contributed by atoms with Crippen LogP contribution in [0, 0.1) is 0 Å². The van der Waals surface area contributed by atoms with Crippen molar-refractivity contribution in [3.63, 3.8) is 0 Å². The molecule has 7 heteroatoms. The molecule has 2 aliphatic heterocycles. The number of likely N-dealkylation sites (tertiary alicyclic amines) is 1. The number of furan rings is 1. The molecule has 4 rings (SSSR count). The third kappa shape index (κ3) is 3.52. The molecule has 0 spiro atoms. The first kappa shape index (κ1) is 17.6. The summed E-state index contributed by atoms with van der Waals surface area (Å²) < 4.78 is 5.48. The average Bonchev–Trinajstić information content (AvgIpc) is 3.37. The van der Waals surface area contributed by atoms with Crippen molar-refractivity contribution in [1.29, 1.82) is 0 Å². The van der Waals surface area contributed by atoms with Crippen LogP contribution in [0.15, 0.2) is 46.1 Å². The summed E-state index contributed by atoms with van der Waals surface area (Å²) in [5.74, 6) is 0.638. The molecule has 0 aliphatic carbocycles. The van der Waals surface area contributed by atoms with E-state index in [1.807, 2.05) is 18.2 Å². The van der Waals surface area contributed by atoms with Crippen molar-refractivity contribution in [1.82, 2.24) is 9.91 Å². The zero-order valence-corrected chi connectivity index (χ0v) is 15.7. The molecule has 1 amide bonds. The number of rotatable bonds is 4. The Bertz CT molecular complexity index is 829. The largest absolute Gasteiger partial charge is 0.463 e. The van der Waals surface area contributed by atoms with Gasteiger partial charge in [-0.15, -0.1) is 0 Å². The van der Waals surface area contributed by atoms with E-state index < -0.39 is 0 Å². The number of hydrazone groups is 1. The van der Waals surface area contributed by atoms with Gasteiger partial charge in [0.2, 0.25) is 0 Å². The normalized spacial score (nSPS) is 20.6. The Hall–Kier alpha value is -1.82. The molecule has 0 saturated carbocycles. The predicted molar refractivity (Wildman–Crippen MR) is 102 cm³/mol. The quantitative estimate of drug-likeness (QED) is 0.777. The van der Waals surface area contributed by atoms with E-state index in [0.717, 1.165) is 37.2 Å². The van der Waals surface area contributed by atoms with Gasteiger partial charge in [0.15, 0.2) is 0 Å². The van der Waals surface area contributed by atoms with Gasteiger partial charge in [0.05, 0.1) is 18.8 Å². The van der Waals surface area contributed by atoms with E-state index in [9.17, 15) is 4.79 Å². The van der Waals surface area contributed by atoms with E-state index in [0.29, 0.717) is 28.8 Å². The van der Waals surface area contributed by atoms with Crippen molar-refractivity contribution in [2.45, 2.75) is 25.3 Å². The highest BCUT2D eigenvalue weighted by Crippen LogP contribution is 2.37. The number of carbonyl (C=O) groups excluding carboxylic acids is 1. The summed E-state index contributed by atoms with van der Waals surface area (Å²) in [5, 5.41) is 7.29. The van der Waals surface area contributed by atoms with Gasteiger partial charge in [0.25, 0.3) is 5.91 Å². The molecule has 0 N–H and O–H groups in total. The minimum Gasteiger partial charge on any atom is -0.463 e. The first-order chi connectivity index (χ1) is 12.6. The summed E-state index contributed by atoms with van der Waals surface area (Å²) >= 11 is 12.6. The third-order valence-electron chi connectivity index (χ3n) is 4.85. The maximum Gasteiger partial charge on any atom is 0.257 e. The lowest BCUT2D eigenvalue weighted by molar-refractivity contribution is -0.134. The summed E-state index contributed by atoms with van der Waals surface area (Å²) in [5.41, 5.74) is 1.55. The first-order valence-electron chi connectivity index (χ1n) is 8.72. The van der Waals surface area contributed by atoms with E-state index in [-0.39, 0.29) is 11.9 Å². The number of halogens is 2. The van der Waals surface area contributed by atoms with Crippen molar-refractivity contribution in [3.05, 3.63) is 58.0 Å². The van der Waals surface area contributed by atoms with Crippen molar-refractivity contribution < 1.29 is 9.21 Å². The van der Waals surface area contributed by atoms with E-state index in [1.165, 1.54) is 0 Å². The van der Waals surface area contributed by atoms with Crippen LogP contribution in [-0.2, 0) is 4.79 Å². The van der Waals surface area contributed by atoms with Crippen LogP contribution in [0.3, 0.4) is 0 Å². The summed E-state index contributed by atoms with van der Waals surface area (Å²) in [7, 11) is 0. The molecule has 1 aromatic heterocycles. The summed E-state index contributed by atoms with van der Waals surface area (Å²) in [4.78, 5) is 15.1. The number of nitrogens with zero attached hydrogens (tertiary/aromatic N) is 3. The second kappa shape index (κ2) is 7.43. The molecule has 136 valence electrons. The minimum absolute atomic E-state index is 0.0329. The second-order valence-corrected chi connectivity index (χ2v) is 7.47. The van der Waals surface area contributed by atoms with E-state index >= 15 is 0 Å². The van der Waals surface area contributed by atoms with Gasteiger partial charge in [-0.2, -0.15) is 5.10 Å². The molecule has 1 aromatic carbocycles. The monoisotopic (exact) mass is 391 g/mol. The lowest BCUT2D eigenvalue weighted by Gasteiger charge is -2.25. The number of benzene rings is 1. The van der Waals surface area contributed by atoms with Gasteiger partial charge in [-0.3, -0.25) is 9.69 Å². The molecule has 2 aromatic rings. The molecular weight excluding hydrogens is 373 g/mol. The molecule has 5 nitrogen and oxygen atoms in total. The molecule has 3 heterocycles. The molecule has 0 bridgehead atoms. The molecule has 1 saturated heterocycles. The first-order valence-corrected chi connectivity index (χ1v) is 9.48. The lowest BCUT2D eigenvalue weighted by atomic mass is 10.0. The summed E-state index contributed by atoms with van der Waals surface area (Å²) in [6.07, 6.45) is 4.42. The third-order valence-corrected chi connectivity index (χ3v) is 5.43. The van der Waals surface area contributed by atoms with Crippen LogP contribution in [-0.4, -0.2) is 41.2 Å².